The summed E-state index contributed by atoms with van der Waals surface area (Å²) in [7, 11) is 0. The fourth-order valence-corrected chi connectivity index (χ4v) is 2.36. The molecule has 0 unspecified atom stereocenters. The van der Waals surface area contributed by atoms with Crippen molar-refractivity contribution in [2.24, 2.45) is 0 Å². The van der Waals surface area contributed by atoms with E-state index in [1.54, 1.807) is 0 Å². The van der Waals surface area contributed by atoms with Crippen LogP contribution >= 0.6 is 0 Å². The van der Waals surface area contributed by atoms with Crippen LogP contribution in [-0.4, -0.2) is 22.5 Å². The lowest BCUT2D eigenvalue weighted by molar-refractivity contribution is -0.118. The zero-order valence-electron chi connectivity index (χ0n) is 14.7. The molecule has 0 atom stereocenters. The van der Waals surface area contributed by atoms with Gasteiger partial charge in [-0.05, 0) is 55.8 Å². The van der Waals surface area contributed by atoms with Crippen LogP contribution in [0.25, 0.3) is 0 Å². The minimum Gasteiger partial charge on any atom is -0.484 e. The number of amides is 1. The van der Waals surface area contributed by atoms with Crippen molar-refractivity contribution in [2.75, 3.05) is 17.2 Å². The summed E-state index contributed by atoms with van der Waals surface area (Å²) >= 11 is 0. The summed E-state index contributed by atoms with van der Waals surface area (Å²) < 4.78 is 5.50. The van der Waals surface area contributed by atoms with Gasteiger partial charge in [-0.25, -0.2) is 9.97 Å². The maximum absolute atomic E-state index is 12.0. The maximum Gasteiger partial charge on any atom is 0.262 e. The third-order valence-electron chi connectivity index (χ3n) is 3.60. The number of ether oxygens (including phenoxy) is 1. The summed E-state index contributed by atoms with van der Waals surface area (Å²) in [5.74, 6) is 1.19. The molecule has 132 valence electrons. The second-order valence-corrected chi connectivity index (χ2v) is 5.90. The Morgan fingerprint density at radius 2 is 1.77 bits per heavy atom. The second kappa shape index (κ2) is 8.11. The van der Waals surface area contributed by atoms with Gasteiger partial charge >= 0.3 is 0 Å². The van der Waals surface area contributed by atoms with Crippen molar-refractivity contribution in [2.45, 2.75) is 13.8 Å². The van der Waals surface area contributed by atoms with E-state index in [2.05, 4.69) is 20.6 Å². The van der Waals surface area contributed by atoms with E-state index in [1.165, 1.54) is 6.33 Å². The van der Waals surface area contributed by atoms with Crippen LogP contribution in [0.1, 0.15) is 11.3 Å². The van der Waals surface area contributed by atoms with Gasteiger partial charge < -0.3 is 15.4 Å². The van der Waals surface area contributed by atoms with Gasteiger partial charge in [0.15, 0.2) is 6.61 Å². The summed E-state index contributed by atoms with van der Waals surface area (Å²) in [4.78, 5) is 20.2. The van der Waals surface area contributed by atoms with E-state index in [4.69, 9.17) is 4.74 Å². The molecule has 6 nitrogen and oxygen atoms in total. The molecular formula is C20H20N4O2. The summed E-state index contributed by atoms with van der Waals surface area (Å²) in [6.45, 7) is 3.85. The number of hydrogen-bond donors (Lipinski definition) is 2. The number of nitrogens with zero attached hydrogens (tertiary/aromatic N) is 2. The molecule has 0 saturated heterocycles. The van der Waals surface area contributed by atoms with E-state index in [9.17, 15) is 4.79 Å². The van der Waals surface area contributed by atoms with Gasteiger partial charge in [-0.2, -0.15) is 0 Å². The van der Waals surface area contributed by atoms with E-state index in [0.29, 0.717) is 11.4 Å². The first-order valence-electron chi connectivity index (χ1n) is 8.23. The normalized spacial score (nSPS) is 10.2. The lowest BCUT2D eigenvalue weighted by atomic mass is 10.2. The summed E-state index contributed by atoms with van der Waals surface area (Å²) in [5, 5.41) is 6.00. The van der Waals surface area contributed by atoms with E-state index in [1.807, 2.05) is 68.4 Å². The van der Waals surface area contributed by atoms with Gasteiger partial charge in [0.25, 0.3) is 5.91 Å². The van der Waals surface area contributed by atoms with Gasteiger partial charge in [0.2, 0.25) is 0 Å². The Balaban J connectivity index is 1.52. The topological polar surface area (TPSA) is 76.1 Å². The minimum absolute atomic E-state index is 0.0380. The fourth-order valence-electron chi connectivity index (χ4n) is 2.36. The Morgan fingerprint density at radius 1 is 1.00 bits per heavy atom. The first-order valence-corrected chi connectivity index (χ1v) is 8.23. The standard InChI is InChI=1S/C20H20N4O2/c1-14-4-3-5-18(10-14)26-12-20(25)24-17-8-6-16(7-9-17)23-19-11-15(2)21-13-22-19/h3-11,13H,12H2,1-2H3,(H,24,25)(H,21,22,23). The molecule has 0 spiro atoms. The monoisotopic (exact) mass is 348 g/mol. The number of hydrogen-bond acceptors (Lipinski definition) is 5. The Morgan fingerprint density at radius 3 is 2.50 bits per heavy atom. The molecule has 0 saturated carbocycles. The van der Waals surface area contributed by atoms with E-state index in [0.717, 1.165) is 22.8 Å². The quantitative estimate of drug-likeness (QED) is 0.707. The molecule has 0 aliphatic carbocycles. The molecule has 26 heavy (non-hydrogen) atoms. The van der Waals surface area contributed by atoms with Gasteiger partial charge in [-0.1, -0.05) is 12.1 Å². The number of carbonyl (C=O) groups is 1. The zero-order chi connectivity index (χ0) is 18.4. The Kier molecular flexibility index (Phi) is 5.43. The molecule has 0 aliphatic rings. The number of benzene rings is 2. The van der Waals surface area contributed by atoms with Crippen molar-refractivity contribution < 1.29 is 9.53 Å². The Labute approximate surface area is 152 Å². The van der Waals surface area contributed by atoms with Crippen LogP contribution in [-0.2, 0) is 4.79 Å². The Bertz CT molecular complexity index is 894. The zero-order valence-corrected chi connectivity index (χ0v) is 14.7. The smallest absolute Gasteiger partial charge is 0.262 e. The highest BCUT2D eigenvalue weighted by Gasteiger charge is 2.04. The summed E-state index contributed by atoms with van der Waals surface area (Å²) in [5.41, 5.74) is 3.55. The summed E-state index contributed by atoms with van der Waals surface area (Å²) in [6, 6.07) is 16.8. The molecule has 0 bridgehead atoms. The molecule has 0 aliphatic heterocycles. The molecule has 1 amide bonds. The van der Waals surface area contributed by atoms with Gasteiger partial charge in [0.1, 0.15) is 17.9 Å². The minimum atomic E-state index is -0.210. The van der Waals surface area contributed by atoms with Gasteiger partial charge in [0, 0.05) is 23.1 Å². The third-order valence-corrected chi connectivity index (χ3v) is 3.60. The molecule has 1 heterocycles. The maximum atomic E-state index is 12.0. The SMILES string of the molecule is Cc1cccc(OCC(=O)Nc2ccc(Nc3cc(C)ncn3)cc2)c1. The molecular weight excluding hydrogens is 328 g/mol. The van der Waals surface area contributed by atoms with Crippen LogP contribution in [0.15, 0.2) is 60.9 Å². The van der Waals surface area contributed by atoms with Crippen molar-refractivity contribution in [1.29, 1.82) is 0 Å². The number of rotatable bonds is 6. The van der Waals surface area contributed by atoms with Crippen molar-refractivity contribution in [3.8, 4) is 5.75 Å². The average Bonchev–Trinajstić information content (AvgIpc) is 2.62. The molecule has 0 radical (unpaired) electrons. The lowest BCUT2D eigenvalue weighted by Gasteiger charge is -2.09. The van der Waals surface area contributed by atoms with Crippen LogP contribution < -0.4 is 15.4 Å². The molecule has 6 heteroatoms. The number of aromatic nitrogens is 2. The van der Waals surface area contributed by atoms with Crippen molar-refractivity contribution in [1.82, 2.24) is 9.97 Å². The molecule has 0 fully saturated rings. The molecule has 3 aromatic rings. The van der Waals surface area contributed by atoms with Crippen LogP contribution in [0.5, 0.6) is 5.75 Å². The van der Waals surface area contributed by atoms with Crippen molar-refractivity contribution >= 4 is 23.1 Å². The molecule has 3 rings (SSSR count). The second-order valence-electron chi connectivity index (χ2n) is 5.90. The lowest BCUT2D eigenvalue weighted by Crippen LogP contribution is -2.20. The van der Waals surface area contributed by atoms with Crippen LogP contribution in [0.3, 0.4) is 0 Å². The predicted molar refractivity (Wildman–Crippen MR) is 102 cm³/mol. The van der Waals surface area contributed by atoms with Crippen LogP contribution in [0.4, 0.5) is 17.2 Å². The van der Waals surface area contributed by atoms with E-state index >= 15 is 0 Å². The largest absolute Gasteiger partial charge is 0.484 e. The van der Waals surface area contributed by atoms with E-state index < -0.39 is 0 Å². The Hall–Kier alpha value is -3.41. The fraction of sp³-hybridized carbons (Fsp3) is 0.150. The first-order chi connectivity index (χ1) is 12.6. The first kappa shape index (κ1) is 17.4. The summed E-state index contributed by atoms with van der Waals surface area (Å²) in [6.07, 6.45) is 1.51. The van der Waals surface area contributed by atoms with Crippen LogP contribution in [0.2, 0.25) is 0 Å². The third kappa shape index (κ3) is 5.04. The van der Waals surface area contributed by atoms with E-state index in [-0.39, 0.29) is 12.5 Å². The predicted octanol–water partition coefficient (Wildman–Crippen LogP) is 3.85. The average molecular weight is 348 g/mol. The molecule has 2 N–H and O–H groups in total. The van der Waals surface area contributed by atoms with Gasteiger partial charge in [-0.3, -0.25) is 4.79 Å². The van der Waals surface area contributed by atoms with Crippen molar-refractivity contribution in [3.05, 3.63) is 72.2 Å². The highest BCUT2D eigenvalue weighted by Crippen LogP contribution is 2.18. The van der Waals surface area contributed by atoms with Gasteiger partial charge in [0.05, 0.1) is 0 Å². The highest BCUT2D eigenvalue weighted by atomic mass is 16.5. The number of anilines is 3. The van der Waals surface area contributed by atoms with Gasteiger partial charge in [-0.15, -0.1) is 0 Å². The number of aryl methyl sites for hydroxylation is 2. The molecule has 1 aromatic heterocycles. The van der Waals surface area contributed by atoms with Crippen molar-refractivity contribution in [3.63, 3.8) is 0 Å². The number of nitrogens with one attached hydrogen (secondary N) is 2. The van der Waals surface area contributed by atoms with Crippen LogP contribution in [0, 0.1) is 13.8 Å². The number of carbonyl (C=O) groups excluding carboxylic acids is 1. The highest BCUT2D eigenvalue weighted by molar-refractivity contribution is 5.92. The molecule has 2 aromatic carbocycles.